The second-order valence-electron chi connectivity index (χ2n) is 10.5. The summed E-state index contributed by atoms with van der Waals surface area (Å²) in [6.45, 7) is 0. The highest BCUT2D eigenvalue weighted by atomic mass is 16.5. The second kappa shape index (κ2) is 7.69. The minimum atomic E-state index is 0.940. The summed E-state index contributed by atoms with van der Waals surface area (Å²) in [5, 5.41) is 12.2. The lowest BCUT2D eigenvalue weighted by molar-refractivity contribution is 0.494. The van der Waals surface area contributed by atoms with Gasteiger partial charge in [-0.1, -0.05) is 115 Å². The molecule has 1 heteroatoms. The summed E-state index contributed by atoms with van der Waals surface area (Å²) in [7, 11) is 0. The molecule has 0 amide bonds. The van der Waals surface area contributed by atoms with Gasteiger partial charge in [-0.15, -0.1) is 0 Å². The van der Waals surface area contributed by atoms with Crippen molar-refractivity contribution in [2.45, 2.75) is 0 Å². The maximum Gasteiger partial charge on any atom is 0.143 e. The van der Waals surface area contributed by atoms with Crippen LogP contribution in [-0.2, 0) is 0 Å². The molecule has 0 spiro atoms. The van der Waals surface area contributed by atoms with E-state index in [0.29, 0.717) is 0 Å². The second-order valence-corrected chi connectivity index (χ2v) is 10.5. The molecule has 1 heterocycles. The predicted octanol–water partition coefficient (Wildman–Crippen LogP) is 10.9. The third kappa shape index (κ3) is 2.85. The van der Waals surface area contributed by atoms with Crippen LogP contribution in [-0.4, -0.2) is 0 Å². The van der Waals surface area contributed by atoms with Crippen molar-refractivity contribution >= 4 is 53.9 Å². The van der Waals surface area contributed by atoms with Crippen molar-refractivity contribution in [2.75, 3.05) is 0 Å². The van der Waals surface area contributed by atoms with Crippen LogP contribution in [0.3, 0.4) is 0 Å². The summed E-state index contributed by atoms with van der Waals surface area (Å²) in [5.41, 5.74) is 4.74. The van der Waals surface area contributed by atoms with Crippen LogP contribution >= 0.6 is 0 Å². The van der Waals surface area contributed by atoms with E-state index in [-0.39, 0.29) is 0 Å². The van der Waals surface area contributed by atoms with Gasteiger partial charge in [0.05, 0.1) is 0 Å². The highest BCUT2D eigenvalue weighted by Crippen LogP contribution is 2.54. The first-order valence-corrected chi connectivity index (χ1v) is 13.4. The Balaban J connectivity index is 1.46. The van der Waals surface area contributed by atoms with Crippen molar-refractivity contribution in [3.05, 3.63) is 133 Å². The standard InChI is InChI=1S/C38H22O/c1-4-12-27-23(8-1)16-19-31-34(27)22-26-10-3-5-13-28(26)36(31)33-21-18-25-11-7-15-30-32-20-17-24-9-2-6-14-29(24)37(32)39-38(33)35(25)30/h1-22H. The van der Waals surface area contributed by atoms with E-state index >= 15 is 0 Å². The summed E-state index contributed by atoms with van der Waals surface area (Å²) in [6, 6.07) is 48.3. The minimum Gasteiger partial charge on any atom is -0.455 e. The molecule has 0 radical (unpaired) electrons. The number of hydrogen-bond donors (Lipinski definition) is 0. The van der Waals surface area contributed by atoms with Crippen molar-refractivity contribution in [2.24, 2.45) is 0 Å². The van der Waals surface area contributed by atoms with Gasteiger partial charge in [-0.05, 0) is 66.9 Å². The fraction of sp³-hybridized carbons (Fsp3) is 0. The van der Waals surface area contributed by atoms with Crippen molar-refractivity contribution in [1.82, 2.24) is 0 Å². The monoisotopic (exact) mass is 494 g/mol. The topological polar surface area (TPSA) is 9.23 Å². The van der Waals surface area contributed by atoms with Crippen LogP contribution in [0.1, 0.15) is 0 Å². The van der Waals surface area contributed by atoms with Gasteiger partial charge in [-0.25, -0.2) is 0 Å². The van der Waals surface area contributed by atoms with E-state index < -0.39 is 0 Å². The summed E-state index contributed by atoms with van der Waals surface area (Å²) in [6.07, 6.45) is 0. The molecule has 0 saturated carbocycles. The molecule has 8 aromatic carbocycles. The van der Waals surface area contributed by atoms with Gasteiger partial charge in [0, 0.05) is 27.5 Å². The Hall–Kier alpha value is -5.14. The normalized spacial score (nSPS) is 12.3. The summed E-state index contributed by atoms with van der Waals surface area (Å²) >= 11 is 0. The highest BCUT2D eigenvalue weighted by molar-refractivity contribution is 6.22. The average Bonchev–Trinajstić information content (AvgIpc) is 3.00. The molecule has 0 N–H and O–H groups in total. The van der Waals surface area contributed by atoms with Crippen LogP contribution in [0.5, 0.6) is 11.5 Å². The molecule has 1 aliphatic heterocycles. The van der Waals surface area contributed by atoms with Crippen LogP contribution < -0.4 is 4.74 Å². The first-order chi connectivity index (χ1) is 19.3. The van der Waals surface area contributed by atoms with Crippen molar-refractivity contribution < 1.29 is 4.74 Å². The molecular weight excluding hydrogens is 472 g/mol. The van der Waals surface area contributed by atoms with Gasteiger partial charge in [0.1, 0.15) is 11.5 Å². The van der Waals surface area contributed by atoms with Gasteiger partial charge in [-0.2, -0.15) is 0 Å². The zero-order valence-corrected chi connectivity index (χ0v) is 21.1. The number of hydrogen-bond acceptors (Lipinski definition) is 1. The van der Waals surface area contributed by atoms with Gasteiger partial charge in [0.2, 0.25) is 0 Å². The maximum absolute atomic E-state index is 7.03. The molecule has 0 unspecified atom stereocenters. The first kappa shape index (κ1) is 20.9. The molecule has 0 fully saturated rings. The van der Waals surface area contributed by atoms with Crippen LogP contribution in [0.2, 0.25) is 0 Å². The maximum atomic E-state index is 7.03. The average molecular weight is 495 g/mol. The number of ether oxygens (including phenoxy) is 1. The van der Waals surface area contributed by atoms with E-state index in [1.165, 1.54) is 59.6 Å². The Morgan fingerprint density at radius 2 is 0.974 bits per heavy atom. The Kier molecular flexibility index (Phi) is 4.11. The zero-order valence-electron chi connectivity index (χ0n) is 21.1. The third-order valence-corrected chi connectivity index (χ3v) is 8.41. The number of fused-ring (bicyclic) bond motifs is 8. The molecule has 0 bridgehead atoms. The van der Waals surface area contributed by atoms with E-state index in [2.05, 4.69) is 133 Å². The molecule has 1 aliphatic rings. The lowest BCUT2D eigenvalue weighted by atomic mass is 9.86. The molecule has 0 atom stereocenters. The molecule has 1 nitrogen and oxygen atoms in total. The lowest BCUT2D eigenvalue weighted by Gasteiger charge is -2.26. The minimum absolute atomic E-state index is 0.940. The third-order valence-electron chi connectivity index (χ3n) is 8.41. The van der Waals surface area contributed by atoms with E-state index in [1.54, 1.807) is 0 Å². The number of rotatable bonds is 1. The predicted molar refractivity (Wildman–Crippen MR) is 165 cm³/mol. The van der Waals surface area contributed by atoms with Gasteiger partial charge in [0.25, 0.3) is 0 Å². The fourth-order valence-electron chi connectivity index (χ4n) is 6.65. The largest absolute Gasteiger partial charge is 0.455 e. The molecular formula is C38H22O. The van der Waals surface area contributed by atoms with E-state index in [0.717, 1.165) is 28.0 Å². The lowest BCUT2D eigenvalue weighted by Crippen LogP contribution is -2.00. The first-order valence-electron chi connectivity index (χ1n) is 13.4. The molecule has 9 rings (SSSR count). The van der Waals surface area contributed by atoms with Crippen LogP contribution in [0, 0.1) is 0 Å². The Labute approximate surface area is 225 Å². The van der Waals surface area contributed by atoms with Gasteiger partial charge in [0.15, 0.2) is 0 Å². The molecule has 180 valence electrons. The smallest absolute Gasteiger partial charge is 0.143 e. The van der Waals surface area contributed by atoms with Crippen LogP contribution in [0.4, 0.5) is 0 Å². The van der Waals surface area contributed by atoms with Gasteiger partial charge in [-0.3, -0.25) is 0 Å². The molecule has 0 aromatic heterocycles. The molecule has 8 aromatic rings. The zero-order chi connectivity index (χ0) is 25.5. The van der Waals surface area contributed by atoms with Crippen molar-refractivity contribution in [1.29, 1.82) is 0 Å². The SMILES string of the molecule is c1ccc2c3c(ccc2c1)-c1cccc2ccc(-c4c5ccccc5cc5c4ccc4ccccc45)c(c12)O3. The highest BCUT2D eigenvalue weighted by Gasteiger charge is 2.26. The quantitative estimate of drug-likeness (QED) is 0.163. The van der Waals surface area contributed by atoms with Crippen molar-refractivity contribution in [3.8, 4) is 33.8 Å². The molecule has 39 heavy (non-hydrogen) atoms. The molecule has 0 aliphatic carbocycles. The van der Waals surface area contributed by atoms with Crippen LogP contribution in [0.15, 0.2) is 133 Å². The van der Waals surface area contributed by atoms with E-state index in [9.17, 15) is 0 Å². The van der Waals surface area contributed by atoms with E-state index in [4.69, 9.17) is 4.74 Å². The fourth-order valence-corrected chi connectivity index (χ4v) is 6.65. The number of benzene rings is 8. The Bertz CT molecular complexity index is 2310. The van der Waals surface area contributed by atoms with Gasteiger partial charge >= 0.3 is 0 Å². The molecule has 0 saturated heterocycles. The van der Waals surface area contributed by atoms with E-state index in [1.807, 2.05) is 0 Å². The summed E-state index contributed by atoms with van der Waals surface area (Å²) in [4.78, 5) is 0. The summed E-state index contributed by atoms with van der Waals surface area (Å²) < 4.78 is 7.03. The Morgan fingerprint density at radius 3 is 1.85 bits per heavy atom. The van der Waals surface area contributed by atoms with Crippen LogP contribution in [0.25, 0.3) is 76.1 Å². The van der Waals surface area contributed by atoms with Gasteiger partial charge < -0.3 is 4.74 Å². The Morgan fingerprint density at radius 1 is 0.333 bits per heavy atom. The summed E-state index contributed by atoms with van der Waals surface area (Å²) in [5.74, 6) is 1.88. The van der Waals surface area contributed by atoms with Crippen molar-refractivity contribution in [3.63, 3.8) is 0 Å².